The monoisotopic (exact) mass is 330 g/mol. The molecule has 0 N–H and O–H groups in total. The van der Waals surface area contributed by atoms with Gasteiger partial charge in [-0.15, -0.1) is 0 Å². The highest BCUT2D eigenvalue weighted by atomic mass is 35.5. The lowest BCUT2D eigenvalue weighted by molar-refractivity contribution is 0.317. The van der Waals surface area contributed by atoms with E-state index < -0.39 is 0 Å². The van der Waals surface area contributed by atoms with E-state index in [1.165, 1.54) is 17.7 Å². The quantitative estimate of drug-likeness (QED) is 0.714. The van der Waals surface area contributed by atoms with Gasteiger partial charge < -0.3 is 4.90 Å². The Balaban J connectivity index is 1.79. The normalized spacial score (nSPS) is 12.1. The highest BCUT2D eigenvalue weighted by Crippen LogP contribution is 2.21. The number of nitrogens with zero attached hydrogens (tertiary/aromatic N) is 2. The predicted molar refractivity (Wildman–Crippen MR) is 91.8 cm³/mol. The Morgan fingerprint density at radius 3 is 2.39 bits per heavy atom. The Hall–Kier alpha value is -1.89. The maximum Gasteiger partial charge on any atom is 0.123 e. The van der Waals surface area contributed by atoms with E-state index in [0.29, 0.717) is 0 Å². The van der Waals surface area contributed by atoms with Gasteiger partial charge >= 0.3 is 0 Å². The topological polar surface area (TPSA) is 27.0 Å². The summed E-state index contributed by atoms with van der Waals surface area (Å²) in [6.45, 7) is 1.76. The van der Waals surface area contributed by atoms with Crippen LogP contribution in [0.1, 0.15) is 29.9 Å². The molecule has 0 aliphatic rings. The van der Waals surface area contributed by atoms with Crippen LogP contribution in [-0.2, 0) is 6.54 Å². The molecule has 120 valence electrons. The summed E-state index contributed by atoms with van der Waals surface area (Å²) in [4.78, 5) is 2.22. The summed E-state index contributed by atoms with van der Waals surface area (Å²) < 4.78 is 12.9. The molecule has 0 spiro atoms. The molecule has 23 heavy (non-hydrogen) atoms. The fraction of sp³-hybridized carbons (Fsp3) is 0.316. The molecule has 4 heteroatoms. The molecule has 0 amide bonds. The molecule has 2 rings (SSSR count). The van der Waals surface area contributed by atoms with Crippen LogP contribution in [0.3, 0.4) is 0 Å². The largest absolute Gasteiger partial charge is 0.302 e. The van der Waals surface area contributed by atoms with Gasteiger partial charge in [0.1, 0.15) is 5.82 Å². The molecule has 0 heterocycles. The second-order valence-corrected chi connectivity index (χ2v) is 6.18. The number of rotatable bonds is 7. The number of benzene rings is 2. The van der Waals surface area contributed by atoms with E-state index in [1.807, 2.05) is 24.3 Å². The zero-order chi connectivity index (χ0) is 16.7. The van der Waals surface area contributed by atoms with Crippen LogP contribution < -0.4 is 0 Å². The number of halogens is 2. The maximum absolute atomic E-state index is 12.9. The van der Waals surface area contributed by atoms with Crippen LogP contribution in [0.15, 0.2) is 48.5 Å². The average Bonchev–Trinajstić information content (AvgIpc) is 2.55. The van der Waals surface area contributed by atoms with Crippen LogP contribution in [0, 0.1) is 17.1 Å². The molecular formula is C19H20ClFN2. The minimum absolute atomic E-state index is 0.181. The molecule has 0 aliphatic heterocycles. The summed E-state index contributed by atoms with van der Waals surface area (Å²) in [5.74, 6) is -0.451. The van der Waals surface area contributed by atoms with Crippen LogP contribution in [0.25, 0.3) is 0 Å². The van der Waals surface area contributed by atoms with Crippen molar-refractivity contribution in [1.29, 1.82) is 5.26 Å². The molecule has 0 radical (unpaired) electrons. The van der Waals surface area contributed by atoms with E-state index in [9.17, 15) is 9.65 Å². The van der Waals surface area contributed by atoms with Gasteiger partial charge in [0.25, 0.3) is 0 Å². The molecule has 2 nitrogen and oxygen atoms in total. The van der Waals surface area contributed by atoms with E-state index in [-0.39, 0.29) is 11.7 Å². The number of nitriles is 1. The predicted octanol–water partition coefficient (Wildman–Crippen LogP) is 5.00. The fourth-order valence-electron chi connectivity index (χ4n) is 2.55. The Morgan fingerprint density at radius 2 is 1.78 bits per heavy atom. The Labute approximate surface area is 142 Å². The lowest BCUT2D eigenvalue weighted by Crippen LogP contribution is -2.19. The van der Waals surface area contributed by atoms with Gasteiger partial charge in [0.2, 0.25) is 0 Å². The van der Waals surface area contributed by atoms with E-state index in [4.69, 9.17) is 11.6 Å². The van der Waals surface area contributed by atoms with Crippen molar-refractivity contribution in [3.8, 4) is 6.07 Å². The smallest absolute Gasteiger partial charge is 0.123 e. The minimum atomic E-state index is -0.270. The van der Waals surface area contributed by atoms with Crippen LogP contribution in [0.2, 0.25) is 5.02 Å². The van der Waals surface area contributed by atoms with Gasteiger partial charge in [0, 0.05) is 11.6 Å². The fourth-order valence-corrected chi connectivity index (χ4v) is 2.67. The zero-order valence-corrected chi connectivity index (χ0v) is 13.9. The first kappa shape index (κ1) is 17.5. The van der Waals surface area contributed by atoms with E-state index in [2.05, 4.69) is 18.0 Å². The van der Waals surface area contributed by atoms with Gasteiger partial charge in [-0.05, 0) is 61.8 Å². The molecule has 1 atom stereocenters. The van der Waals surface area contributed by atoms with Crippen molar-refractivity contribution in [2.24, 2.45) is 0 Å². The Morgan fingerprint density at radius 1 is 1.13 bits per heavy atom. The summed E-state index contributed by atoms with van der Waals surface area (Å²) in [6, 6.07) is 16.4. The molecule has 0 bridgehead atoms. The van der Waals surface area contributed by atoms with Gasteiger partial charge in [0.15, 0.2) is 0 Å². The van der Waals surface area contributed by atoms with Crippen molar-refractivity contribution in [3.63, 3.8) is 0 Å². The molecule has 0 saturated carbocycles. The summed E-state index contributed by atoms with van der Waals surface area (Å²) in [6.07, 6.45) is 1.69. The molecule has 0 aromatic heterocycles. The van der Waals surface area contributed by atoms with Crippen LogP contribution >= 0.6 is 11.6 Å². The van der Waals surface area contributed by atoms with E-state index in [0.717, 1.165) is 36.5 Å². The van der Waals surface area contributed by atoms with E-state index >= 15 is 0 Å². The first-order valence-corrected chi connectivity index (χ1v) is 8.04. The van der Waals surface area contributed by atoms with Crippen molar-refractivity contribution in [1.82, 2.24) is 4.90 Å². The zero-order valence-electron chi connectivity index (χ0n) is 13.2. The van der Waals surface area contributed by atoms with Gasteiger partial charge in [-0.2, -0.15) is 5.26 Å². The van der Waals surface area contributed by atoms with Crippen molar-refractivity contribution in [2.75, 3.05) is 13.6 Å². The highest BCUT2D eigenvalue weighted by molar-refractivity contribution is 6.30. The van der Waals surface area contributed by atoms with Crippen molar-refractivity contribution < 1.29 is 4.39 Å². The van der Waals surface area contributed by atoms with Crippen molar-refractivity contribution in [2.45, 2.75) is 25.3 Å². The summed E-state index contributed by atoms with van der Waals surface area (Å²) in [5.41, 5.74) is 2.10. The lowest BCUT2D eigenvalue weighted by Gasteiger charge is -2.17. The van der Waals surface area contributed by atoms with Gasteiger partial charge in [-0.1, -0.05) is 35.9 Å². The number of hydrogen-bond acceptors (Lipinski definition) is 2. The first-order chi connectivity index (χ1) is 11.1. The molecule has 0 fully saturated rings. The summed E-state index contributed by atoms with van der Waals surface area (Å²) in [7, 11) is 2.06. The van der Waals surface area contributed by atoms with Crippen LogP contribution in [0.5, 0.6) is 0 Å². The third-order valence-electron chi connectivity index (χ3n) is 3.83. The second-order valence-electron chi connectivity index (χ2n) is 5.74. The minimum Gasteiger partial charge on any atom is -0.302 e. The van der Waals surface area contributed by atoms with E-state index in [1.54, 1.807) is 12.1 Å². The average molecular weight is 331 g/mol. The van der Waals surface area contributed by atoms with Crippen LogP contribution in [-0.4, -0.2) is 18.5 Å². The first-order valence-electron chi connectivity index (χ1n) is 7.66. The Kier molecular flexibility index (Phi) is 6.58. The van der Waals surface area contributed by atoms with Crippen molar-refractivity contribution >= 4 is 11.6 Å². The molecule has 0 aliphatic carbocycles. The number of hydrogen-bond donors (Lipinski definition) is 0. The lowest BCUT2D eigenvalue weighted by atomic mass is 9.95. The van der Waals surface area contributed by atoms with Gasteiger partial charge in [-0.25, -0.2) is 4.39 Å². The van der Waals surface area contributed by atoms with Gasteiger partial charge in [0.05, 0.1) is 12.0 Å². The molecule has 2 aromatic rings. The Bertz CT molecular complexity index is 647. The highest BCUT2D eigenvalue weighted by Gasteiger charge is 2.11. The molecule has 2 aromatic carbocycles. The summed E-state index contributed by atoms with van der Waals surface area (Å²) >= 11 is 5.88. The maximum atomic E-state index is 12.9. The van der Waals surface area contributed by atoms with Crippen LogP contribution in [0.4, 0.5) is 4.39 Å². The summed E-state index contributed by atoms with van der Waals surface area (Å²) in [5, 5.41) is 10.0. The van der Waals surface area contributed by atoms with Gasteiger partial charge in [-0.3, -0.25) is 0 Å². The molecule has 1 unspecified atom stereocenters. The third kappa shape index (κ3) is 5.67. The molecular weight excluding hydrogens is 311 g/mol. The molecule has 0 saturated heterocycles. The third-order valence-corrected chi connectivity index (χ3v) is 4.08. The SMILES string of the molecule is CN(CCCC(C#N)c1ccc(F)cc1)Cc1ccc(Cl)cc1. The second kappa shape index (κ2) is 8.67. The standard InChI is InChI=1S/C19H20ClFN2/c1-23(14-15-4-8-18(20)9-5-15)12-2-3-17(13-22)16-6-10-19(21)11-7-16/h4-11,17H,2-3,12,14H2,1H3. The van der Waals surface area contributed by atoms with Crippen molar-refractivity contribution in [3.05, 3.63) is 70.5 Å².